The number of hydrogen-bond donors (Lipinski definition) is 2. The molecule has 0 spiro atoms. The number of carbonyl (C=O) groups is 1. The number of furan rings is 1. The van der Waals surface area contributed by atoms with Crippen molar-refractivity contribution in [1.29, 1.82) is 0 Å². The predicted molar refractivity (Wildman–Crippen MR) is 72.4 cm³/mol. The van der Waals surface area contributed by atoms with Crippen LogP contribution in [0.3, 0.4) is 0 Å². The molecule has 0 fully saturated rings. The number of aryl methyl sites for hydroxylation is 1. The van der Waals surface area contributed by atoms with Gasteiger partial charge in [-0.25, -0.2) is 0 Å². The van der Waals surface area contributed by atoms with Gasteiger partial charge >= 0.3 is 0 Å². The number of rotatable bonds is 6. The average Bonchev–Trinajstić information content (AvgIpc) is 2.74. The molecule has 0 aliphatic carbocycles. The van der Waals surface area contributed by atoms with E-state index in [0.717, 1.165) is 18.6 Å². The second-order valence-corrected chi connectivity index (χ2v) is 5.70. The highest BCUT2D eigenvalue weighted by atomic mass is 16.3. The molecule has 0 aromatic carbocycles. The molecule has 0 aliphatic rings. The largest absolute Gasteiger partial charge is 0.469 e. The predicted octanol–water partition coefficient (Wildman–Crippen LogP) is 2.10. The second-order valence-electron chi connectivity index (χ2n) is 5.70. The topological polar surface area (TPSA) is 54.3 Å². The monoisotopic (exact) mass is 252 g/mol. The maximum Gasteiger partial charge on any atom is 0.234 e. The Morgan fingerprint density at radius 1 is 1.44 bits per heavy atom. The van der Waals surface area contributed by atoms with Crippen molar-refractivity contribution in [2.75, 3.05) is 6.54 Å². The SMILES string of the molecule is CC(CCc1ccco1)NCC(=O)NC(C)(C)C. The van der Waals surface area contributed by atoms with Gasteiger partial charge < -0.3 is 15.1 Å². The van der Waals surface area contributed by atoms with E-state index < -0.39 is 0 Å². The molecule has 1 amide bonds. The van der Waals surface area contributed by atoms with E-state index in [4.69, 9.17) is 4.42 Å². The fraction of sp³-hybridized carbons (Fsp3) is 0.643. The minimum Gasteiger partial charge on any atom is -0.469 e. The molecule has 1 rings (SSSR count). The van der Waals surface area contributed by atoms with E-state index >= 15 is 0 Å². The number of amides is 1. The van der Waals surface area contributed by atoms with Crippen LogP contribution in [-0.2, 0) is 11.2 Å². The van der Waals surface area contributed by atoms with Crippen molar-refractivity contribution in [3.05, 3.63) is 24.2 Å². The van der Waals surface area contributed by atoms with Gasteiger partial charge in [-0.05, 0) is 46.2 Å². The van der Waals surface area contributed by atoms with Crippen LogP contribution in [0.2, 0.25) is 0 Å². The molecule has 4 nitrogen and oxygen atoms in total. The standard InChI is InChI=1S/C14H24N2O2/c1-11(7-8-12-6-5-9-18-12)15-10-13(17)16-14(2,3)4/h5-6,9,11,15H,7-8,10H2,1-4H3,(H,16,17). The molecule has 4 heteroatoms. The van der Waals surface area contributed by atoms with Gasteiger partial charge in [-0.3, -0.25) is 4.79 Å². The molecule has 1 aromatic heterocycles. The fourth-order valence-electron chi connectivity index (χ4n) is 1.65. The van der Waals surface area contributed by atoms with Gasteiger partial charge in [0.1, 0.15) is 5.76 Å². The summed E-state index contributed by atoms with van der Waals surface area (Å²) in [5.74, 6) is 1.02. The zero-order valence-electron chi connectivity index (χ0n) is 11.7. The summed E-state index contributed by atoms with van der Waals surface area (Å²) in [5.41, 5.74) is -0.170. The quantitative estimate of drug-likeness (QED) is 0.815. The van der Waals surface area contributed by atoms with Gasteiger partial charge in [0.2, 0.25) is 5.91 Å². The van der Waals surface area contributed by atoms with E-state index in [2.05, 4.69) is 17.6 Å². The van der Waals surface area contributed by atoms with Crippen LogP contribution in [0.1, 0.15) is 39.9 Å². The first-order chi connectivity index (χ1) is 8.37. The van der Waals surface area contributed by atoms with E-state index in [0.29, 0.717) is 12.6 Å². The first kappa shape index (κ1) is 14.8. The summed E-state index contributed by atoms with van der Waals surface area (Å²) in [5, 5.41) is 6.14. The number of carbonyl (C=O) groups excluding carboxylic acids is 1. The van der Waals surface area contributed by atoms with Crippen LogP contribution in [0.4, 0.5) is 0 Å². The maximum atomic E-state index is 11.6. The van der Waals surface area contributed by atoms with Crippen molar-refractivity contribution < 1.29 is 9.21 Å². The van der Waals surface area contributed by atoms with Crippen LogP contribution < -0.4 is 10.6 Å². The molecular weight excluding hydrogens is 228 g/mol. The van der Waals surface area contributed by atoms with E-state index in [-0.39, 0.29) is 11.4 Å². The number of nitrogens with one attached hydrogen (secondary N) is 2. The minimum absolute atomic E-state index is 0.0346. The molecule has 0 saturated heterocycles. The summed E-state index contributed by atoms with van der Waals surface area (Å²) in [4.78, 5) is 11.6. The molecule has 102 valence electrons. The summed E-state index contributed by atoms with van der Waals surface area (Å²) >= 11 is 0. The van der Waals surface area contributed by atoms with Crippen molar-refractivity contribution >= 4 is 5.91 Å². The fourth-order valence-corrected chi connectivity index (χ4v) is 1.65. The lowest BCUT2D eigenvalue weighted by atomic mass is 10.1. The smallest absolute Gasteiger partial charge is 0.234 e. The van der Waals surface area contributed by atoms with Crippen LogP contribution in [0, 0.1) is 0 Å². The normalized spacial score (nSPS) is 13.3. The van der Waals surface area contributed by atoms with Crippen LogP contribution in [0.25, 0.3) is 0 Å². The van der Waals surface area contributed by atoms with Gasteiger partial charge in [-0.15, -0.1) is 0 Å². The Morgan fingerprint density at radius 2 is 2.17 bits per heavy atom. The highest BCUT2D eigenvalue weighted by molar-refractivity contribution is 5.78. The first-order valence-corrected chi connectivity index (χ1v) is 6.43. The highest BCUT2D eigenvalue weighted by Gasteiger charge is 2.14. The molecule has 1 aromatic rings. The van der Waals surface area contributed by atoms with E-state index in [1.807, 2.05) is 32.9 Å². The van der Waals surface area contributed by atoms with Crippen molar-refractivity contribution in [2.24, 2.45) is 0 Å². The lowest BCUT2D eigenvalue weighted by Gasteiger charge is -2.21. The van der Waals surface area contributed by atoms with Gasteiger partial charge in [0.25, 0.3) is 0 Å². The van der Waals surface area contributed by atoms with Gasteiger partial charge in [-0.2, -0.15) is 0 Å². The molecule has 0 bridgehead atoms. The van der Waals surface area contributed by atoms with Crippen LogP contribution >= 0.6 is 0 Å². The summed E-state index contributed by atoms with van der Waals surface area (Å²) in [7, 11) is 0. The van der Waals surface area contributed by atoms with E-state index in [1.165, 1.54) is 0 Å². The van der Waals surface area contributed by atoms with Crippen molar-refractivity contribution in [3.63, 3.8) is 0 Å². The summed E-state index contributed by atoms with van der Waals surface area (Å²) in [6.45, 7) is 8.37. The van der Waals surface area contributed by atoms with Gasteiger partial charge in [-0.1, -0.05) is 0 Å². The maximum absolute atomic E-state index is 11.6. The molecule has 0 aliphatic heterocycles. The number of hydrogen-bond acceptors (Lipinski definition) is 3. The lowest BCUT2D eigenvalue weighted by molar-refractivity contribution is -0.121. The molecule has 0 saturated carbocycles. The Hall–Kier alpha value is -1.29. The van der Waals surface area contributed by atoms with Crippen molar-refractivity contribution in [1.82, 2.24) is 10.6 Å². The van der Waals surface area contributed by atoms with Crippen molar-refractivity contribution in [3.8, 4) is 0 Å². The average molecular weight is 252 g/mol. The molecule has 1 atom stereocenters. The minimum atomic E-state index is -0.170. The summed E-state index contributed by atoms with van der Waals surface area (Å²) in [6.07, 6.45) is 3.53. The Bertz CT molecular complexity index is 352. The summed E-state index contributed by atoms with van der Waals surface area (Å²) < 4.78 is 5.27. The highest BCUT2D eigenvalue weighted by Crippen LogP contribution is 2.05. The Balaban J connectivity index is 2.17. The van der Waals surface area contributed by atoms with Gasteiger partial charge in [0.15, 0.2) is 0 Å². The van der Waals surface area contributed by atoms with Crippen LogP contribution in [-0.4, -0.2) is 24.0 Å². The third-order valence-electron chi connectivity index (χ3n) is 2.53. The lowest BCUT2D eigenvalue weighted by Crippen LogP contribution is -2.46. The zero-order chi connectivity index (χ0) is 13.6. The van der Waals surface area contributed by atoms with E-state index in [9.17, 15) is 4.79 Å². The third-order valence-corrected chi connectivity index (χ3v) is 2.53. The molecule has 2 N–H and O–H groups in total. The summed E-state index contributed by atoms with van der Waals surface area (Å²) in [6, 6.07) is 4.16. The Kier molecular flexibility index (Phi) is 5.41. The van der Waals surface area contributed by atoms with Crippen LogP contribution in [0.15, 0.2) is 22.8 Å². The van der Waals surface area contributed by atoms with Crippen LogP contribution in [0.5, 0.6) is 0 Å². The van der Waals surface area contributed by atoms with Gasteiger partial charge in [0.05, 0.1) is 12.8 Å². The first-order valence-electron chi connectivity index (χ1n) is 6.43. The third kappa shape index (κ3) is 6.45. The zero-order valence-corrected chi connectivity index (χ0v) is 11.7. The molecule has 0 radical (unpaired) electrons. The molecule has 1 unspecified atom stereocenters. The molecule has 18 heavy (non-hydrogen) atoms. The Labute approximate surface area is 109 Å². The Morgan fingerprint density at radius 3 is 2.72 bits per heavy atom. The van der Waals surface area contributed by atoms with Gasteiger partial charge in [0, 0.05) is 18.0 Å². The van der Waals surface area contributed by atoms with E-state index in [1.54, 1.807) is 6.26 Å². The van der Waals surface area contributed by atoms with Crippen molar-refractivity contribution in [2.45, 2.75) is 52.1 Å². The second kappa shape index (κ2) is 6.59. The molecular formula is C14H24N2O2. The molecule has 1 heterocycles.